The molecule has 0 aliphatic rings. The summed E-state index contributed by atoms with van der Waals surface area (Å²) >= 11 is 0. The van der Waals surface area contributed by atoms with Gasteiger partial charge in [-0.15, -0.1) is 0 Å². The molecule has 0 aromatic carbocycles. The Hall–Kier alpha value is 5.40. The van der Waals surface area contributed by atoms with E-state index >= 15 is 0 Å². The molecule has 0 saturated carbocycles. The molecular weight excluding hydrogens is 409 g/mol. The average molecular weight is 409 g/mol. The minimum Gasteiger partial charge on any atom is -2.00 e. The van der Waals surface area contributed by atoms with Gasteiger partial charge in [0.15, 0.2) is 0 Å². The quantitative estimate of drug-likeness (QED) is 0.447. The van der Waals surface area contributed by atoms with Crippen LogP contribution in [0, 0.1) is 35.6 Å². The molecule has 0 heterocycles. The maximum Gasteiger partial charge on any atom is 3.00 e. The molecule has 0 bridgehead atoms. The summed E-state index contributed by atoms with van der Waals surface area (Å²) in [6.45, 7) is 0. The van der Waals surface area contributed by atoms with Crippen molar-refractivity contribution in [3.05, 3.63) is 0 Å². The van der Waals surface area contributed by atoms with Crippen LogP contribution in [-0.2, 0) is 22.5 Å². The zero-order valence-electron chi connectivity index (χ0n) is 3.48. The zero-order chi connectivity index (χ0) is 0. The van der Waals surface area contributed by atoms with Crippen LogP contribution in [0.4, 0.5) is 0 Å². The van der Waals surface area contributed by atoms with E-state index in [1.807, 2.05) is 0 Å². The minimum atomic E-state index is 0. The van der Waals surface area contributed by atoms with Gasteiger partial charge in [-0.2, -0.15) is 0 Å². The topological polar surface area (TPSA) is 28.5 Å². The van der Waals surface area contributed by atoms with Crippen molar-refractivity contribution in [1.82, 2.24) is 0 Å². The molecule has 1 radical (unpaired) electrons. The molecule has 0 spiro atoms. The van der Waals surface area contributed by atoms with Gasteiger partial charge in [0.05, 0.1) is 0 Å². The molecule has 0 fully saturated rings. The molecule has 0 aliphatic heterocycles. The Morgan fingerprint density at radius 3 is 0.833 bits per heavy atom. The average Bonchev–Trinajstić information content (AvgIpc) is 0. The van der Waals surface area contributed by atoms with Crippen molar-refractivity contribution in [2.45, 2.75) is 0 Å². The fraction of sp³-hybridized carbons (Fsp3) is 0. The van der Waals surface area contributed by atoms with Crippen LogP contribution in [0.5, 0.6) is 0 Å². The first-order chi connectivity index (χ1) is 0. The summed E-state index contributed by atoms with van der Waals surface area (Å²) in [6, 6.07) is 0. The van der Waals surface area contributed by atoms with Crippen LogP contribution < -0.4 is 0 Å². The molecule has 0 rings (SSSR count). The standard InChI is InChI=1S/La.Mg.Mn.O.2Sr/q+3;2*+2;-2;2*+2. The monoisotopic (exact) mass is 410 g/mol. The summed E-state index contributed by atoms with van der Waals surface area (Å²) in [5.74, 6) is 0. The molecule has 0 N–H and O–H groups in total. The normalized spacial score (nSPS) is 0. The second kappa shape index (κ2) is 31.5. The number of hydrogen-bond donors (Lipinski definition) is 0. The van der Waals surface area contributed by atoms with E-state index in [0.29, 0.717) is 0 Å². The Balaban J connectivity index is 0. The summed E-state index contributed by atoms with van der Waals surface area (Å²) in [6.07, 6.45) is 0. The van der Waals surface area contributed by atoms with Crippen LogP contribution >= 0.6 is 0 Å². The van der Waals surface area contributed by atoms with Gasteiger partial charge in [-0.1, -0.05) is 0 Å². The first-order valence-electron chi connectivity index (χ1n) is 0. The third kappa shape index (κ3) is 22.7. The molecule has 0 atom stereocenters. The molecule has 0 aromatic heterocycles. The largest absolute Gasteiger partial charge is 3.00 e. The summed E-state index contributed by atoms with van der Waals surface area (Å²) in [4.78, 5) is 0. The van der Waals surface area contributed by atoms with Crippen LogP contribution in [0.25, 0.3) is 0 Å². The maximum atomic E-state index is 0. The zero-order valence-corrected chi connectivity index (χ0v) is 16.7. The van der Waals surface area contributed by atoms with Crippen molar-refractivity contribution >= 4 is 114 Å². The van der Waals surface area contributed by atoms with E-state index in [1.54, 1.807) is 0 Å². The minimum absolute atomic E-state index is 0. The molecule has 0 aliphatic carbocycles. The number of rotatable bonds is 0. The van der Waals surface area contributed by atoms with Gasteiger partial charge in [-0.05, 0) is 0 Å². The summed E-state index contributed by atoms with van der Waals surface area (Å²) in [7, 11) is 0. The summed E-state index contributed by atoms with van der Waals surface area (Å²) in [5.41, 5.74) is 0. The van der Waals surface area contributed by atoms with Gasteiger partial charge in [0, 0.05) is 0 Å². The van der Waals surface area contributed by atoms with Crippen molar-refractivity contribution in [1.29, 1.82) is 0 Å². The van der Waals surface area contributed by atoms with Crippen LogP contribution in [0.15, 0.2) is 0 Å². The maximum absolute atomic E-state index is 0. The Kier molecular flexibility index (Phi) is 222. The van der Waals surface area contributed by atoms with E-state index in [2.05, 4.69) is 0 Å². The van der Waals surface area contributed by atoms with Crippen LogP contribution in [-0.4, -0.2) is 114 Å². The predicted molar refractivity (Wildman–Crippen MR) is 17.9 cm³/mol. The van der Waals surface area contributed by atoms with E-state index in [0.717, 1.165) is 0 Å². The predicted octanol–water partition coefficient (Wildman–Crippen LogP) is -1.26. The van der Waals surface area contributed by atoms with Gasteiger partial charge >= 0.3 is 167 Å². The van der Waals surface area contributed by atoms with Crippen LogP contribution in [0.1, 0.15) is 0 Å². The fourth-order valence-electron chi connectivity index (χ4n) is 0. The molecule has 0 saturated heterocycles. The van der Waals surface area contributed by atoms with Gasteiger partial charge in [0.1, 0.15) is 0 Å². The van der Waals surface area contributed by atoms with E-state index < -0.39 is 0 Å². The SMILES string of the molecule is [La+3].[Mg+2].[Mn+2].[O-2].[Sr+2].[Sr+2]. The van der Waals surface area contributed by atoms with E-state index in [1.165, 1.54) is 0 Å². The van der Waals surface area contributed by atoms with E-state index in [9.17, 15) is 0 Å². The Labute approximate surface area is 167 Å². The van der Waals surface area contributed by atoms with E-state index in [-0.39, 0.29) is 172 Å². The van der Waals surface area contributed by atoms with E-state index in [4.69, 9.17) is 0 Å². The molecule has 13 valence electrons. The molecule has 0 unspecified atom stereocenters. The van der Waals surface area contributed by atoms with Crippen molar-refractivity contribution in [3.63, 3.8) is 0 Å². The van der Waals surface area contributed by atoms with Crippen molar-refractivity contribution in [2.24, 2.45) is 0 Å². The Morgan fingerprint density at radius 1 is 0.833 bits per heavy atom. The Bertz CT molecular complexity index is 13.5. The summed E-state index contributed by atoms with van der Waals surface area (Å²) in [5, 5.41) is 0. The second-order valence-electron chi connectivity index (χ2n) is 0. The fourth-order valence-corrected chi connectivity index (χ4v) is 0. The number of hydrogen-bond acceptors (Lipinski definition) is 0. The van der Waals surface area contributed by atoms with Crippen molar-refractivity contribution in [3.8, 4) is 0 Å². The van der Waals surface area contributed by atoms with Crippen LogP contribution in [0.2, 0.25) is 0 Å². The van der Waals surface area contributed by atoms with Gasteiger partial charge in [-0.25, -0.2) is 0 Å². The van der Waals surface area contributed by atoms with Gasteiger partial charge in [0.2, 0.25) is 0 Å². The Morgan fingerprint density at radius 2 is 0.833 bits per heavy atom. The summed E-state index contributed by atoms with van der Waals surface area (Å²) < 4.78 is 0. The molecule has 1 nitrogen and oxygen atoms in total. The van der Waals surface area contributed by atoms with Crippen molar-refractivity contribution in [2.75, 3.05) is 0 Å². The van der Waals surface area contributed by atoms with Crippen LogP contribution in [0.3, 0.4) is 0 Å². The smallest absolute Gasteiger partial charge is 2.00 e. The molecule has 0 aromatic rings. The molecule has 6 heteroatoms. The van der Waals surface area contributed by atoms with Gasteiger partial charge in [-0.3, -0.25) is 0 Å². The first kappa shape index (κ1) is 42.3. The van der Waals surface area contributed by atoms with Gasteiger partial charge in [0.25, 0.3) is 0 Å². The van der Waals surface area contributed by atoms with Crippen molar-refractivity contribution < 1.29 is 58.1 Å². The molecular formula is LaMgMnOSr2+9. The molecule has 0 amide bonds. The van der Waals surface area contributed by atoms with Gasteiger partial charge < -0.3 is 5.48 Å². The molecule has 6 heavy (non-hydrogen) atoms. The second-order valence-corrected chi connectivity index (χ2v) is 0. The first-order valence-corrected chi connectivity index (χ1v) is 0. The third-order valence-electron chi connectivity index (χ3n) is 0. The third-order valence-corrected chi connectivity index (χ3v) is 0.